The number of aromatic nitrogens is 2. The molecule has 9 heteroatoms. The Morgan fingerprint density at radius 3 is 2.76 bits per heavy atom. The van der Waals surface area contributed by atoms with Crippen LogP contribution < -0.4 is 5.73 Å². The molecule has 0 bridgehead atoms. The lowest BCUT2D eigenvalue weighted by molar-refractivity contribution is -0.387. The first-order valence-electron chi connectivity index (χ1n) is 5.87. The van der Waals surface area contributed by atoms with Gasteiger partial charge in [-0.05, 0) is 25.1 Å². The van der Waals surface area contributed by atoms with Gasteiger partial charge in [-0.2, -0.15) is 5.10 Å². The summed E-state index contributed by atoms with van der Waals surface area (Å²) in [5.74, 6) is -0.175. The van der Waals surface area contributed by atoms with Gasteiger partial charge in [0.2, 0.25) is 0 Å². The zero-order valence-corrected chi connectivity index (χ0v) is 12.2. The maximum absolute atomic E-state index is 11.2. The number of nitro benzene ring substituents is 1. The monoisotopic (exact) mass is 307 g/mol. The highest BCUT2D eigenvalue weighted by Crippen LogP contribution is 2.35. The van der Waals surface area contributed by atoms with E-state index in [1.54, 1.807) is 23.9 Å². The van der Waals surface area contributed by atoms with Gasteiger partial charge in [-0.3, -0.25) is 14.8 Å². The van der Waals surface area contributed by atoms with E-state index in [-0.39, 0.29) is 17.1 Å². The second kappa shape index (κ2) is 5.83. The fourth-order valence-corrected chi connectivity index (χ4v) is 2.76. The Balaban J connectivity index is 2.44. The summed E-state index contributed by atoms with van der Waals surface area (Å²) >= 11 is 1.23. The van der Waals surface area contributed by atoms with Crippen LogP contribution in [-0.4, -0.2) is 25.7 Å². The quantitative estimate of drug-likeness (QED) is 0.292. The smallest absolute Gasteiger partial charge is 0.284 e. The number of hydrogen-bond donors (Lipinski definition) is 2. The molecule has 0 atom stereocenters. The Labute approximate surface area is 124 Å². The number of rotatable bonds is 4. The maximum Gasteiger partial charge on any atom is 0.284 e. The molecule has 0 saturated heterocycles. The van der Waals surface area contributed by atoms with Crippen LogP contribution in [-0.2, 0) is 7.05 Å². The van der Waals surface area contributed by atoms with Crippen molar-refractivity contribution in [2.45, 2.75) is 16.8 Å². The summed E-state index contributed by atoms with van der Waals surface area (Å²) < 4.78 is 1.65. The first-order valence-corrected chi connectivity index (χ1v) is 6.69. The highest BCUT2D eigenvalue weighted by molar-refractivity contribution is 7.99. The molecule has 0 aliphatic carbocycles. The minimum absolute atomic E-state index is 0.108. The predicted molar refractivity (Wildman–Crippen MR) is 77.7 cm³/mol. The van der Waals surface area contributed by atoms with Gasteiger partial charge in [-0.15, -0.1) is 0 Å². The highest BCUT2D eigenvalue weighted by Gasteiger charge is 2.18. The third-order valence-corrected chi connectivity index (χ3v) is 3.89. The Kier molecular flexibility index (Phi) is 4.13. The van der Waals surface area contributed by atoms with E-state index in [0.29, 0.717) is 4.90 Å². The van der Waals surface area contributed by atoms with Crippen molar-refractivity contribution < 1.29 is 10.1 Å². The third-order valence-electron chi connectivity index (χ3n) is 2.73. The van der Waals surface area contributed by atoms with Crippen molar-refractivity contribution in [2.75, 3.05) is 0 Å². The van der Waals surface area contributed by atoms with E-state index in [0.717, 1.165) is 10.7 Å². The fourth-order valence-electron chi connectivity index (χ4n) is 1.76. The number of nitrogens with zero attached hydrogens (tertiary/aromatic N) is 4. The van der Waals surface area contributed by atoms with Gasteiger partial charge in [0.25, 0.3) is 5.69 Å². The van der Waals surface area contributed by atoms with Crippen LogP contribution in [0.15, 0.2) is 39.3 Å². The predicted octanol–water partition coefficient (Wildman–Crippen LogP) is 1.88. The van der Waals surface area contributed by atoms with Crippen LogP contribution in [0, 0.1) is 17.0 Å². The van der Waals surface area contributed by atoms with Crippen molar-refractivity contribution in [3.05, 3.63) is 45.6 Å². The van der Waals surface area contributed by atoms with E-state index >= 15 is 0 Å². The Hall–Kier alpha value is -2.55. The van der Waals surface area contributed by atoms with E-state index in [4.69, 9.17) is 10.9 Å². The van der Waals surface area contributed by atoms with E-state index in [9.17, 15) is 10.1 Å². The molecule has 1 heterocycles. The van der Waals surface area contributed by atoms with Crippen LogP contribution in [0.1, 0.15) is 11.3 Å². The molecule has 0 fully saturated rings. The molecule has 0 radical (unpaired) electrons. The van der Waals surface area contributed by atoms with Crippen LogP contribution in [0.5, 0.6) is 0 Å². The van der Waals surface area contributed by atoms with Crippen molar-refractivity contribution in [1.29, 1.82) is 0 Å². The molecule has 0 unspecified atom stereocenters. The van der Waals surface area contributed by atoms with Crippen molar-refractivity contribution in [2.24, 2.45) is 17.9 Å². The van der Waals surface area contributed by atoms with E-state index in [1.807, 2.05) is 13.0 Å². The molecule has 0 aliphatic rings. The summed E-state index contributed by atoms with van der Waals surface area (Å²) in [6, 6.07) is 6.25. The fraction of sp³-hybridized carbons (Fsp3) is 0.167. The molecular weight excluding hydrogens is 294 g/mol. The van der Waals surface area contributed by atoms with Crippen LogP contribution in [0.2, 0.25) is 0 Å². The third kappa shape index (κ3) is 3.14. The van der Waals surface area contributed by atoms with Gasteiger partial charge in [0.15, 0.2) is 5.84 Å². The first-order chi connectivity index (χ1) is 9.92. The lowest BCUT2D eigenvalue weighted by Gasteiger charge is -2.05. The van der Waals surface area contributed by atoms with Gasteiger partial charge < -0.3 is 10.9 Å². The molecule has 0 aliphatic heterocycles. The molecule has 3 N–H and O–H groups in total. The number of benzene rings is 1. The molecular formula is C12H13N5O3S. The number of amidine groups is 1. The number of oxime groups is 1. The second-order valence-corrected chi connectivity index (χ2v) is 5.34. The molecule has 1 aromatic heterocycles. The molecule has 2 aromatic rings. The summed E-state index contributed by atoms with van der Waals surface area (Å²) in [6.45, 7) is 1.85. The highest BCUT2D eigenvalue weighted by atomic mass is 32.2. The maximum atomic E-state index is 11.2. The Bertz CT molecular complexity index is 726. The van der Waals surface area contributed by atoms with Crippen molar-refractivity contribution in [3.8, 4) is 0 Å². The molecule has 8 nitrogen and oxygen atoms in total. The topological polar surface area (TPSA) is 120 Å². The van der Waals surface area contributed by atoms with Crippen LogP contribution in [0.4, 0.5) is 5.69 Å². The van der Waals surface area contributed by atoms with E-state index in [1.165, 1.54) is 17.8 Å². The number of nitrogens with two attached hydrogens (primary N) is 1. The molecule has 110 valence electrons. The van der Waals surface area contributed by atoms with Gasteiger partial charge in [-0.25, -0.2) is 0 Å². The summed E-state index contributed by atoms with van der Waals surface area (Å²) in [5, 5.41) is 27.6. The Morgan fingerprint density at radius 2 is 2.24 bits per heavy atom. The summed E-state index contributed by atoms with van der Waals surface area (Å²) in [6.07, 6.45) is 0. The zero-order valence-electron chi connectivity index (χ0n) is 11.3. The van der Waals surface area contributed by atoms with Crippen LogP contribution >= 0.6 is 11.8 Å². The summed E-state index contributed by atoms with van der Waals surface area (Å²) in [7, 11) is 1.77. The van der Waals surface area contributed by atoms with Gasteiger partial charge in [0.1, 0.15) is 0 Å². The second-order valence-electron chi connectivity index (χ2n) is 4.27. The van der Waals surface area contributed by atoms with Gasteiger partial charge >= 0.3 is 0 Å². The average molecular weight is 307 g/mol. The number of nitro groups is 1. The first kappa shape index (κ1) is 14.9. The normalized spacial score (nSPS) is 11.6. The number of hydrogen-bond acceptors (Lipinski definition) is 6. The zero-order chi connectivity index (χ0) is 15.6. The van der Waals surface area contributed by atoms with Crippen molar-refractivity contribution in [1.82, 2.24) is 9.78 Å². The standard InChI is InChI=1S/C12H13N5O3S/c1-7-5-11(16(2)14-7)21-10-4-3-8(12(13)15-18)6-9(10)17(19)20/h3-6,18H,1-2H3,(H2,13,15). The molecule has 0 amide bonds. The molecule has 0 saturated carbocycles. The lowest BCUT2D eigenvalue weighted by Crippen LogP contribution is -2.13. The minimum atomic E-state index is -0.500. The van der Waals surface area contributed by atoms with Crippen molar-refractivity contribution in [3.63, 3.8) is 0 Å². The Morgan fingerprint density at radius 1 is 1.52 bits per heavy atom. The molecule has 21 heavy (non-hydrogen) atoms. The van der Waals surface area contributed by atoms with Crippen molar-refractivity contribution >= 4 is 23.3 Å². The minimum Gasteiger partial charge on any atom is -0.409 e. The average Bonchev–Trinajstić information content (AvgIpc) is 2.76. The number of aryl methyl sites for hydroxylation is 2. The molecule has 0 spiro atoms. The molecule has 2 rings (SSSR count). The van der Waals surface area contributed by atoms with E-state index in [2.05, 4.69) is 10.3 Å². The van der Waals surface area contributed by atoms with Gasteiger partial charge in [0.05, 0.1) is 20.5 Å². The SMILES string of the molecule is Cc1cc(Sc2ccc(C(N)=NO)cc2[N+](=O)[O-])n(C)n1. The van der Waals surface area contributed by atoms with Gasteiger partial charge in [-0.1, -0.05) is 16.9 Å². The van der Waals surface area contributed by atoms with Crippen LogP contribution in [0.25, 0.3) is 0 Å². The van der Waals surface area contributed by atoms with Crippen LogP contribution in [0.3, 0.4) is 0 Å². The van der Waals surface area contributed by atoms with Gasteiger partial charge in [0, 0.05) is 18.7 Å². The lowest BCUT2D eigenvalue weighted by atomic mass is 10.2. The summed E-state index contributed by atoms with van der Waals surface area (Å²) in [4.78, 5) is 11.1. The summed E-state index contributed by atoms with van der Waals surface area (Å²) in [5.41, 5.74) is 6.46. The largest absolute Gasteiger partial charge is 0.409 e. The molecule has 1 aromatic carbocycles. The van der Waals surface area contributed by atoms with E-state index < -0.39 is 4.92 Å².